The minimum Gasteiger partial charge on any atom is -0.343 e. The van der Waals surface area contributed by atoms with Crippen LogP contribution in [0.2, 0.25) is 0 Å². The minimum atomic E-state index is -0.343. The molecule has 3 aromatic rings. The van der Waals surface area contributed by atoms with Gasteiger partial charge in [-0.3, -0.25) is 14.6 Å². The quantitative estimate of drug-likeness (QED) is 0.732. The summed E-state index contributed by atoms with van der Waals surface area (Å²) in [7, 11) is 0. The molecule has 0 spiro atoms. The average molecular weight is 336 g/mol. The number of rotatable bonds is 5. The second-order valence-corrected chi connectivity index (χ2v) is 5.31. The van der Waals surface area contributed by atoms with E-state index in [0.29, 0.717) is 11.3 Å². The molecule has 2 heterocycles. The Morgan fingerprint density at radius 3 is 2.56 bits per heavy atom. The molecule has 0 aliphatic rings. The Kier molecular flexibility index (Phi) is 4.79. The molecule has 0 saturated carbocycles. The van der Waals surface area contributed by atoms with Crippen molar-refractivity contribution in [1.29, 1.82) is 0 Å². The molecule has 126 valence electrons. The van der Waals surface area contributed by atoms with Gasteiger partial charge in [0.2, 0.25) is 5.91 Å². The van der Waals surface area contributed by atoms with Gasteiger partial charge in [-0.2, -0.15) is 5.10 Å². The van der Waals surface area contributed by atoms with Crippen molar-refractivity contribution in [1.82, 2.24) is 25.1 Å². The Balaban J connectivity index is 1.52. The van der Waals surface area contributed by atoms with E-state index in [1.807, 2.05) is 6.92 Å². The zero-order valence-corrected chi connectivity index (χ0v) is 13.5. The van der Waals surface area contributed by atoms with Crippen LogP contribution in [-0.4, -0.2) is 38.1 Å². The van der Waals surface area contributed by atoms with E-state index in [2.05, 4.69) is 25.7 Å². The fourth-order valence-electron chi connectivity index (χ4n) is 2.11. The molecule has 8 heteroatoms. The molecule has 0 atom stereocenters. The topological polar surface area (TPSA) is 102 Å². The van der Waals surface area contributed by atoms with Crippen molar-refractivity contribution < 1.29 is 9.59 Å². The van der Waals surface area contributed by atoms with Crippen LogP contribution in [0.1, 0.15) is 16.1 Å². The van der Waals surface area contributed by atoms with Gasteiger partial charge in [0, 0.05) is 17.6 Å². The van der Waals surface area contributed by atoms with E-state index in [-0.39, 0.29) is 18.4 Å². The number of carbonyl (C=O) groups is 2. The van der Waals surface area contributed by atoms with Crippen molar-refractivity contribution in [2.24, 2.45) is 0 Å². The van der Waals surface area contributed by atoms with Gasteiger partial charge >= 0.3 is 0 Å². The Bertz CT molecular complexity index is 857. The van der Waals surface area contributed by atoms with E-state index in [1.54, 1.807) is 47.4 Å². The fourth-order valence-corrected chi connectivity index (χ4v) is 2.11. The highest BCUT2D eigenvalue weighted by Crippen LogP contribution is 2.11. The van der Waals surface area contributed by atoms with Crippen LogP contribution in [0.15, 0.2) is 55.2 Å². The fraction of sp³-hybridized carbons (Fsp3) is 0.118. The van der Waals surface area contributed by atoms with Crippen LogP contribution in [0, 0.1) is 6.92 Å². The lowest BCUT2D eigenvalue weighted by Gasteiger charge is -2.08. The smallest absolute Gasteiger partial charge is 0.253 e. The normalized spacial score (nSPS) is 10.3. The number of pyridine rings is 1. The van der Waals surface area contributed by atoms with E-state index >= 15 is 0 Å². The summed E-state index contributed by atoms with van der Waals surface area (Å²) in [6.07, 6.45) is 4.51. The highest BCUT2D eigenvalue weighted by Gasteiger charge is 2.08. The standard InChI is InChI=1S/C17H16N6O2/c1-12-2-3-13(8-19-12)17(25)20-9-16(24)22-14-4-6-15(7-5-14)23-11-18-10-21-23/h2-8,10-11H,9H2,1H3,(H,20,25)(H,22,24). The third-order valence-corrected chi connectivity index (χ3v) is 3.42. The van der Waals surface area contributed by atoms with Crippen LogP contribution in [0.5, 0.6) is 0 Å². The van der Waals surface area contributed by atoms with Gasteiger partial charge < -0.3 is 10.6 Å². The Hall–Kier alpha value is -3.55. The number of aryl methyl sites for hydroxylation is 1. The highest BCUT2D eigenvalue weighted by molar-refractivity contribution is 5.99. The highest BCUT2D eigenvalue weighted by atomic mass is 16.2. The summed E-state index contributed by atoms with van der Waals surface area (Å²) >= 11 is 0. The molecule has 0 radical (unpaired) electrons. The predicted octanol–water partition coefficient (Wildman–Crippen LogP) is 1.34. The maximum atomic E-state index is 11.9. The van der Waals surface area contributed by atoms with Crippen LogP contribution < -0.4 is 10.6 Å². The van der Waals surface area contributed by atoms with Crippen molar-refractivity contribution >= 4 is 17.5 Å². The third kappa shape index (κ3) is 4.25. The molecule has 0 saturated heterocycles. The molecule has 1 aromatic carbocycles. The van der Waals surface area contributed by atoms with E-state index in [0.717, 1.165) is 11.4 Å². The number of anilines is 1. The van der Waals surface area contributed by atoms with E-state index < -0.39 is 0 Å². The summed E-state index contributed by atoms with van der Waals surface area (Å²) in [6.45, 7) is 1.71. The molecule has 0 aliphatic carbocycles. The number of amides is 2. The Morgan fingerprint density at radius 1 is 1.12 bits per heavy atom. The number of nitrogens with zero attached hydrogens (tertiary/aromatic N) is 4. The number of aromatic nitrogens is 4. The van der Waals surface area contributed by atoms with Crippen molar-refractivity contribution in [2.45, 2.75) is 6.92 Å². The van der Waals surface area contributed by atoms with E-state index in [1.165, 1.54) is 12.5 Å². The number of benzene rings is 1. The van der Waals surface area contributed by atoms with Crippen LogP contribution in [0.3, 0.4) is 0 Å². The zero-order valence-electron chi connectivity index (χ0n) is 13.5. The van der Waals surface area contributed by atoms with Crippen LogP contribution >= 0.6 is 0 Å². The second-order valence-electron chi connectivity index (χ2n) is 5.31. The first kappa shape index (κ1) is 16.3. The predicted molar refractivity (Wildman–Crippen MR) is 91.3 cm³/mol. The number of carbonyl (C=O) groups excluding carboxylic acids is 2. The van der Waals surface area contributed by atoms with Gasteiger partial charge in [-0.05, 0) is 43.3 Å². The first-order chi connectivity index (χ1) is 12.1. The molecule has 2 amide bonds. The summed E-state index contributed by atoms with van der Waals surface area (Å²) in [5.74, 6) is -0.661. The molecule has 0 aliphatic heterocycles. The van der Waals surface area contributed by atoms with Gasteiger partial charge in [-0.25, -0.2) is 9.67 Å². The van der Waals surface area contributed by atoms with E-state index in [4.69, 9.17) is 0 Å². The minimum absolute atomic E-state index is 0.127. The van der Waals surface area contributed by atoms with Gasteiger partial charge in [0.25, 0.3) is 5.91 Å². The van der Waals surface area contributed by atoms with Crippen LogP contribution in [0.25, 0.3) is 5.69 Å². The van der Waals surface area contributed by atoms with Crippen LogP contribution in [0.4, 0.5) is 5.69 Å². The number of hydrogen-bond donors (Lipinski definition) is 2. The largest absolute Gasteiger partial charge is 0.343 e. The van der Waals surface area contributed by atoms with Crippen LogP contribution in [-0.2, 0) is 4.79 Å². The molecule has 3 rings (SSSR count). The number of nitrogens with one attached hydrogen (secondary N) is 2. The molecule has 0 bridgehead atoms. The molecule has 2 N–H and O–H groups in total. The third-order valence-electron chi connectivity index (χ3n) is 3.42. The van der Waals surface area contributed by atoms with Gasteiger partial charge in [-0.1, -0.05) is 0 Å². The lowest BCUT2D eigenvalue weighted by molar-refractivity contribution is -0.115. The SMILES string of the molecule is Cc1ccc(C(=O)NCC(=O)Nc2ccc(-n3cncn3)cc2)cn1. The van der Waals surface area contributed by atoms with Gasteiger partial charge in [-0.15, -0.1) is 0 Å². The molecular formula is C17H16N6O2. The lowest BCUT2D eigenvalue weighted by atomic mass is 10.2. The lowest BCUT2D eigenvalue weighted by Crippen LogP contribution is -2.32. The van der Waals surface area contributed by atoms with Gasteiger partial charge in [0.1, 0.15) is 12.7 Å². The monoisotopic (exact) mass is 336 g/mol. The Morgan fingerprint density at radius 2 is 1.92 bits per heavy atom. The molecule has 25 heavy (non-hydrogen) atoms. The summed E-state index contributed by atoms with van der Waals surface area (Å²) in [5, 5.41) is 9.30. The Labute approximate surface area is 143 Å². The van der Waals surface area contributed by atoms with Crippen molar-refractivity contribution in [3.05, 3.63) is 66.5 Å². The zero-order chi connectivity index (χ0) is 17.6. The molecule has 2 aromatic heterocycles. The summed E-state index contributed by atoms with van der Waals surface area (Å²) < 4.78 is 1.61. The second kappa shape index (κ2) is 7.35. The van der Waals surface area contributed by atoms with Crippen molar-refractivity contribution in [3.63, 3.8) is 0 Å². The average Bonchev–Trinajstić information content (AvgIpc) is 3.15. The number of hydrogen-bond acceptors (Lipinski definition) is 5. The maximum Gasteiger partial charge on any atom is 0.253 e. The summed E-state index contributed by atoms with van der Waals surface area (Å²) in [6, 6.07) is 10.5. The van der Waals surface area contributed by atoms with Crippen molar-refractivity contribution in [2.75, 3.05) is 11.9 Å². The van der Waals surface area contributed by atoms with Crippen molar-refractivity contribution in [3.8, 4) is 5.69 Å². The molecule has 0 unspecified atom stereocenters. The van der Waals surface area contributed by atoms with E-state index in [9.17, 15) is 9.59 Å². The molecular weight excluding hydrogens is 320 g/mol. The summed E-state index contributed by atoms with van der Waals surface area (Å²) in [5.41, 5.74) is 2.69. The summed E-state index contributed by atoms with van der Waals surface area (Å²) in [4.78, 5) is 31.8. The van der Waals surface area contributed by atoms with Gasteiger partial charge in [0.05, 0.1) is 17.8 Å². The van der Waals surface area contributed by atoms with Gasteiger partial charge in [0.15, 0.2) is 0 Å². The maximum absolute atomic E-state index is 11.9. The first-order valence-electron chi connectivity index (χ1n) is 7.57. The molecule has 0 fully saturated rings. The first-order valence-corrected chi connectivity index (χ1v) is 7.57. The molecule has 8 nitrogen and oxygen atoms in total.